The van der Waals surface area contributed by atoms with E-state index in [0.29, 0.717) is 11.6 Å². The summed E-state index contributed by atoms with van der Waals surface area (Å²) in [5.74, 6) is 0.0423. The SMILES string of the molecule is CCOc1ccc(C)cc1S(=O)(=O)Nc1cc(Cl)ccc1O. The van der Waals surface area contributed by atoms with Crippen molar-refractivity contribution in [3.63, 3.8) is 0 Å². The fraction of sp³-hybridized carbons (Fsp3) is 0.200. The quantitative estimate of drug-likeness (QED) is 0.815. The lowest BCUT2D eigenvalue weighted by Crippen LogP contribution is -2.15. The van der Waals surface area contributed by atoms with Gasteiger partial charge in [0.15, 0.2) is 0 Å². The van der Waals surface area contributed by atoms with Gasteiger partial charge >= 0.3 is 0 Å². The third kappa shape index (κ3) is 3.64. The largest absolute Gasteiger partial charge is 0.506 e. The van der Waals surface area contributed by atoms with Gasteiger partial charge < -0.3 is 9.84 Å². The van der Waals surface area contributed by atoms with Crippen LogP contribution in [-0.4, -0.2) is 20.1 Å². The topological polar surface area (TPSA) is 75.6 Å². The lowest BCUT2D eigenvalue weighted by atomic mass is 10.2. The second-order valence-corrected chi connectivity index (χ2v) is 6.74. The Morgan fingerprint density at radius 1 is 1.23 bits per heavy atom. The van der Waals surface area contributed by atoms with Crippen molar-refractivity contribution in [2.24, 2.45) is 0 Å². The molecule has 2 N–H and O–H groups in total. The van der Waals surface area contributed by atoms with E-state index in [9.17, 15) is 13.5 Å². The van der Waals surface area contributed by atoms with Crippen LogP contribution in [0, 0.1) is 6.92 Å². The minimum absolute atomic E-state index is 0.00808. The number of rotatable bonds is 5. The molecule has 0 saturated carbocycles. The van der Waals surface area contributed by atoms with Gasteiger partial charge in [-0.2, -0.15) is 0 Å². The maximum atomic E-state index is 12.6. The van der Waals surface area contributed by atoms with Crippen molar-refractivity contribution in [3.8, 4) is 11.5 Å². The summed E-state index contributed by atoms with van der Waals surface area (Å²) in [7, 11) is -3.92. The Morgan fingerprint density at radius 3 is 2.64 bits per heavy atom. The molecule has 2 aromatic rings. The lowest BCUT2D eigenvalue weighted by molar-refractivity contribution is 0.331. The van der Waals surface area contributed by atoms with Crippen LogP contribution in [0.2, 0.25) is 5.02 Å². The van der Waals surface area contributed by atoms with Gasteiger partial charge in [0, 0.05) is 5.02 Å². The van der Waals surface area contributed by atoms with Crippen molar-refractivity contribution in [2.75, 3.05) is 11.3 Å². The Bertz CT molecular complexity index is 790. The zero-order valence-corrected chi connectivity index (χ0v) is 13.7. The fourth-order valence-electron chi connectivity index (χ4n) is 1.89. The van der Waals surface area contributed by atoms with Gasteiger partial charge in [-0.3, -0.25) is 4.72 Å². The second kappa shape index (κ2) is 6.46. The molecule has 2 rings (SSSR count). The summed E-state index contributed by atoms with van der Waals surface area (Å²) in [5, 5.41) is 10.1. The number of hydrogen-bond donors (Lipinski definition) is 2. The van der Waals surface area contributed by atoms with Gasteiger partial charge in [0.05, 0.1) is 12.3 Å². The third-order valence-corrected chi connectivity index (χ3v) is 4.51. The molecule has 118 valence electrons. The smallest absolute Gasteiger partial charge is 0.265 e. The number of phenolic OH excluding ortho intramolecular Hbond substituents is 1. The molecule has 2 aromatic carbocycles. The van der Waals surface area contributed by atoms with Crippen molar-refractivity contribution < 1.29 is 18.3 Å². The van der Waals surface area contributed by atoms with E-state index in [-0.39, 0.29) is 22.1 Å². The van der Waals surface area contributed by atoms with Crippen LogP contribution < -0.4 is 9.46 Å². The second-order valence-electron chi connectivity index (χ2n) is 4.65. The van der Waals surface area contributed by atoms with Crippen LogP contribution >= 0.6 is 11.6 Å². The third-order valence-electron chi connectivity index (χ3n) is 2.89. The molecular weight excluding hydrogens is 326 g/mol. The summed E-state index contributed by atoms with van der Waals surface area (Å²) in [6.45, 7) is 3.89. The molecule has 22 heavy (non-hydrogen) atoms. The number of phenols is 1. The maximum Gasteiger partial charge on any atom is 0.265 e. The number of aromatic hydroxyl groups is 1. The number of aryl methyl sites for hydroxylation is 1. The van der Waals surface area contributed by atoms with E-state index in [2.05, 4.69) is 4.72 Å². The normalized spacial score (nSPS) is 11.2. The highest BCUT2D eigenvalue weighted by Gasteiger charge is 2.21. The van der Waals surface area contributed by atoms with Crippen LogP contribution in [0.4, 0.5) is 5.69 Å². The molecule has 0 saturated heterocycles. The summed E-state index contributed by atoms with van der Waals surface area (Å²) in [5.41, 5.74) is 0.788. The van der Waals surface area contributed by atoms with Gasteiger partial charge in [-0.25, -0.2) is 8.42 Å². The summed E-state index contributed by atoms with van der Waals surface area (Å²) >= 11 is 5.83. The Balaban J connectivity index is 2.46. The average molecular weight is 342 g/mol. The highest BCUT2D eigenvalue weighted by Crippen LogP contribution is 2.31. The number of halogens is 1. The number of anilines is 1. The van der Waals surface area contributed by atoms with Gasteiger partial charge in [0.25, 0.3) is 10.0 Å². The Hall–Kier alpha value is -1.92. The van der Waals surface area contributed by atoms with E-state index in [4.69, 9.17) is 16.3 Å². The number of sulfonamides is 1. The first-order chi connectivity index (χ1) is 10.3. The van der Waals surface area contributed by atoms with Crippen molar-refractivity contribution in [3.05, 3.63) is 47.0 Å². The van der Waals surface area contributed by atoms with Crippen LogP contribution in [0.5, 0.6) is 11.5 Å². The first-order valence-electron chi connectivity index (χ1n) is 6.58. The van der Waals surface area contributed by atoms with Crippen LogP contribution in [0.3, 0.4) is 0 Å². The molecule has 0 unspecified atom stereocenters. The molecule has 0 radical (unpaired) electrons. The van der Waals surface area contributed by atoms with Crippen molar-refractivity contribution in [1.82, 2.24) is 0 Å². The summed E-state index contributed by atoms with van der Waals surface area (Å²) in [6, 6.07) is 9.00. The molecule has 0 spiro atoms. The molecule has 0 bridgehead atoms. The average Bonchev–Trinajstić information content (AvgIpc) is 2.45. The molecule has 0 aliphatic rings. The lowest BCUT2D eigenvalue weighted by Gasteiger charge is -2.14. The highest BCUT2D eigenvalue weighted by atomic mass is 35.5. The fourth-order valence-corrected chi connectivity index (χ4v) is 3.36. The first kappa shape index (κ1) is 16.5. The molecule has 5 nitrogen and oxygen atoms in total. The molecule has 0 aliphatic carbocycles. The van der Waals surface area contributed by atoms with Gasteiger partial charge in [0.1, 0.15) is 16.4 Å². The molecular formula is C15H16ClNO4S. The molecule has 7 heteroatoms. The van der Waals surface area contributed by atoms with Crippen LogP contribution in [0.1, 0.15) is 12.5 Å². The van der Waals surface area contributed by atoms with E-state index in [1.165, 1.54) is 24.3 Å². The van der Waals surface area contributed by atoms with Crippen molar-refractivity contribution in [2.45, 2.75) is 18.7 Å². The Kier molecular flexibility index (Phi) is 4.83. The number of benzene rings is 2. The van der Waals surface area contributed by atoms with Gasteiger partial charge in [-0.1, -0.05) is 17.7 Å². The minimum atomic E-state index is -3.92. The molecule has 0 heterocycles. The molecule has 0 aromatic heterocycles. The Morgan fingerprint density at radius 2 is 1.95 bits per heavy atom. The monoisotopic (exact) mass is 341 g/mol. The predicted octanol–water partition coefficient (Wildman–Crippen LogP) is 3.55. The van der Waals surface area contributed by atoms with Crippen LogP contribution in [0.25, 0.3) is 0 Å². The zero-order chi connectivity index (χ0) is 16.3. The Labute approximate surface area is 134 Å². The molecule has 0 aliphatic heterocycles. The predicted molar refractivity (Wildman–Crippen MR) is 86.3 cm³/mol. The molecule has 0 fully saturated rings. The minimum Gasteiger partial charge on any atom is -0.506 e. The van der Waals surface area contributed by atoms with E-state index < -0.39 is 10.0 Å². The van der Waals surface area contributed by atoms with Gasteiger partial charge in [-0.05, 0) is 49.7 Å². The zero-order valence-electron chi connectivity index (χ0n) is 12.1. The van der Waals surface area contributed by atoms with Crippen molar-refractivity contribution >= 4 is 27.3 Å². The van der Waals surface area contributed by atoms with Gasteiger partial charge in [0.2, 0.25) is 0 Å². The van der Waals surface area contributed by atoms with Crippen molar-refractivity contribution in [1.29, 1.82) is 0 Å². The van der Waals surface area contributed by atoms with Gasteiger partial charge in [-0.15, -0.1) is 0 Å². The summed E-state index contributed by atoms with van der Waals surface area (Å²) in [6.07, 6.45) is 0. The summed E-state index contributed by atoms with van der Waals surface area (Å²) in [4.78, 5) is 0.00808. The van der Waals surface area contributed by atoms with Crippen LogP contribution in [0.15, 0.2) is 41.3 Å². The van der Waals surface area contributed by atoms with Crippen LogP contribution in [-0.2, 0) is 10.0 Å². The van der Waals surface area contributed by atoms with E-state index in [1.54, 1.807) is 26.0 Å². The van der Waals surface area contributed by atoms with E-state index in [0.717, 1.165) is 5.56 Å². The number of hydrogen-bond acceptors (Lipinski definition) is 4. The standard InChI is InChI=1S/C15H16ClNO4S/c1-3-21-14-7-4-10(2)8-15(14)22(19,20)17-12-9-11(16)5-6-13(12)18/h4-9,17-18H,3H2,1-2H3. The molecule has 0 amide bonds. The highest BCUT2D eigenvalue weighted by molar-refractivity contribution is 7.92. The first-order valence-corrected chi connectivity index (χ1v) is 8.44. The summed E-state index contributed by atoms with van der Waals surface area (Å²) < 4.78 is 32.8. The number of ether oxygens (including phenoxy) is 1. The van der Waals surface area contributed by atoms with E-state index >= 15 is 0 Å². The maximum absolute atomic E-state index is 12.6. The molecule has 0 atom stereocenters. The number of nitrogens with one attached hydrogen (secondary N) is 1. The van der Waals surface area contributed by atoms with E-state index in [1.807, 2.05) is 0 Å².